The van der Waals surface area contributed by atoms with Gasteiger partial charge in [0.2, 0.25) is 0 Å². The molecule has 1 aliphatic heterocycles. The molecular weight excluding hydrogens is 231 g/mol. The van der Waals surface area contributed by atoms with Gasteiger partial charge in [-0.25, -0.2) is 4.39 Å². The minimum atomic E-state index is -0.312. The number of nitrogens with one attached hydrogen (secondary N) is 2. The van der Waals surface area contributed by atoms with Crippen molar-refractivity contribution in [3.63, 3.8) is 0 Å². The lowest BCUT2D eigenvalue weighted by Gasteiger charge is -2.13. The van der Waals surface area contributed by atoms with Crippen molar-refractivity contribution in [3.05, 3.63) is 35.6 Å². The van der Waals surface area contributed by atoms with Crippen molar-refractivity contribution in [3.8, 4) is 0 Å². The first kappa shape index (κ1) is 11.7. The molecule has 18 heavy (non-hydrogen) atoms. The first-order chi connectivity index (χ1) is 8.72. The molecule has 96 valence electrons. The quantitative estimate of drug-likeness (QED) is 0.834. The zero-order valence-electron chi connectivity index (χ0n) is 10.2. The topological polar surface area (TPSA) is 41.1 Å². The standard InChI is InChI=1S/C14H17FN2O/c15-12-3-1-9(2-4-12)14(18)17-13-5-10-7-16-8-11(10)6-13/h1-4,10-11,13,16H,5-8H2,(H,17,18)/t10-,11+,13?. The predicted molar refractivity (Wildman–Crippen MR) is 66.7 cm³/mol. The van der Waals surface area contributed by atoms with E-state index in [1.165, 1.54) is 24.3 Å². The van der Waals surface area contributed by atoms with Crippen LogP contribution in [0.25, 0.3) is 0 Å². The maximum Gasteiger partial charge on any atom is 0.251 e. The molecule has 1 aromatic carbocycles. The molecule has 2 fully saturated rings. The Labute approximate surface area is 106 Å². The van der Waals surface area contributed by atoms with Crippen LogP contribution in [0.1, 0.15) is 23.2 Å². The van der Waals surface area contributed by atoms with Crippen molar-refractivity contribution in [2.45, 2.75) is 18.9 Å². The van der Waals surface area contributed by atoms with Crippen molar-refractivity contribution >= 4 is 5.91 Å². The third kappa shape index (κ3) is 2.25. The van der Waals surface area contributed by atoms with Gasteiger partial charge in [0.25, 0.3) is 5.91 Å². The smallest absolute Gasteiger partial charge is 0.251 e. The van der Waals surface area contributed by atoms with Crippen LogP contribution in [0, 0.1) is 17.7 Å². The second-order valence-corrected chi connectivity index (χ2v) is 5.33. The zero-order valence-corrected chi connectivity index (χ0v) is 10.2. The molecule has 1 amide bonds. The van der Waals surface area contributed by atoms with Gasteiger partial charge in [0.05, 0.1) is 0 Å². The average molecular weight is 248 g/mol. The molecule has 1 unspecified atom stereocenters. The largest absolute Gasteiger partial charge is 0.349 e. The zero-order chi connectivity index (χ0) is 12.5. The van der Waals surface area contributed by atoms with Gasteiger partial charge in [-0.15, -0.1) is 0 Å². The van der Waals surface area contributed by atoms with Crippen LogP contribution in [0.3, 0.4) is 0 Å². The van der Waals surface area contributed by atoms with Crippen molar-refractivity contribution in [2.75, 3.05) is 13.1 Å². The highest BCUT2D eigenvalue weighted by Gasteiger charge is 2.37. The molecular formula is C14H17FN2O. The van der Waals surface area contributed by atoms with Gasteiger partial charge in [0, 0.05) is 11.6 Å². The maximum absolute atomic E-state index is 12.8. The molecule has 0 spiro atoms. The highest BCUT2D eigenvalue weighted by Crippen LogP contribution is 2.34. The fourth-order valence-corrected chi connectivity index (χ4v) is 3.15. The van der Waals surface area contributed by atoms with Gasteiger partial charge >= 0.3 is 0 Å². The summed E-state index contributed by atoms with van der Waals surface area (Å²) in [5, 5.41) is 6.44. The number of hydrogen-bond acceptors (Lipinski definition) is 2. The summed E-state index contributed by atoms with van der Waals surface area (Å²) >= 11 is 0. The molecule has 1 aromatic rings. The summed E-state index contributed by atoms with van der Waals surface area (Å²) < 4.78 is 12.8. The molecule has 0 bridgehead atoms. The predicted octanol–water partition coefficient (Wildman–Crippen LogP) is 1.55. The first-order valence-electron chi connectivity index (χ1n) is 6.49. The van der Waals surface area contributed by atoms with Gasteiger partial charge in [-0.05, 0) is 62.0 Å². The van der Waals surface area contributed by atoms with Crippen LogP contribution in [0.4, 0.5) is 4.39 Å². The summed E-state index contributed by atoms with van der Waals surface area (Å²) in [6.07, 6.45) is 2.12. The number of amides is 1. The summed E-state index contributed by atoms with van der Waals surface area (Å²) in [6, 6.07) is 5.98. The van der Waals surface area contributed by atoms with Crippen LogP contribution >= 0.6 is 0 Å². The summed E-state index contributed by atoms with van der Waals surface area (Å²) in [5.74, 6) is 1.02. The third-order valence-electron chi connectivity index (χ3n) is 4.10. The van der Waals surface area contributed by atoms with E-state index < -0.39 is 0 Å². The first-order valence-corrected chi connectivity index (χ1v) is 6.49. The van der Waals surface area contributed by atoms with Crippen molar-refractivity contribution in [1.29, 1.82) is 0 Å². The molecule has 1 saturated carbocycles. The van der Waals surface area contributed by atoms with E-state index in [2.05, 4.69) is 10.6 Å². The Morgan fingerprint density at radius 3 is 2.39 bits per heavy atom. The molecule has 0 aromatic heterocycles. The van der Waals surface area contributed by atoms with Crippen molar-refractivity contribution in [1.82, 2.24) is 10.6 Å². The van der Waals surface area contributed by atoms with Crippen LogP contribution in [-0.2, 0) is 0 Å². The number of halogens is 1. The van der Waals surface area contributed by atoms with E-state index in [-0.39, 0.29) is 17.8 Å². The summed E-state index contributed by atoms with van der Waals surface area (Å²) in [7, 11) is 0. The molecule has 3 rings (SSSR count). The lowest BCUT2D eigenvalue weighted by molar-refractivity contribution is 0.0936. The van der Waals surface area contributed by atoms with Gasteiger partial charge in [-0.3, -0.25) is 4.79 Å². The number of hydrogen-bond donors (Lipinski definition) is 2. The van der Waals surface area contributed by atoms with E-state index in [4.69, 9.17) is 0 Å². The van der Waals surface area contributed by atoms with Crippen molar-refractivity contribution in [2.24, 2.45) is 11.8 Å². The van der Waals surface area contributed by atoms with Gasteiger partial charge in [0.15, 0.2) is 0 Å². The van der Waals surface area contributed by atoms with Gasteiger partial charge in [-0.1, -0.05) is 0 Å². The normalized spacial score (nSPS) is 30.2. The summed E-state index contributed by atoms with van der Waals surface area (Å²) in [5.41, 5.74) is 0.534. The monoisotopic (exact) mass is 248 g/mol. The second kappa shape index (κ2) is 4.69. The Kier molecular flexibility index (Phi) is 3.04. The number of fused-ring (bicyclic) bond motifs is 1. The minimum absolute atomic E-state index is 0.0899. The average Bonchev–Trinajstić information content (AvgIpc) is 2.90. The third-order valence-corrected chi connectivity index (χ3v) is 4.10. The van der Waals surface area contributed by atoms with Crippen LogP contribution in [-0.4, -0.2) is 25.0 Å². The van der Waals surface area contributed by atoms with Crippen LogP contribution in [0.5, 0.6) is 0 Å². The van der Waals surface area contributed by atoms with E-state index in [1.54, 1.807) is 0 Å². The SMILES string of the molecule is O=C(NC1C[C@H]2CNC[C@H]2C1)c1ccc(F)cc1. The van der Waals surface area contributed by atoms with E-state index in [0.29, 0.717) is 17.4 Å². The number of carbonyl (C=O) groups is 1. The molecule has 4 heteroatoms. The lowest BCUT2D eigenvalue weighted by atomic mass is 10.0. The Balaban J connectivity index is 1.60. The Morgan fingerprint density at radius 2 is 1.78 bits per heavy atom. The number of benzene rings is 1. The van der Waals surface area contributed by atoms with E-state index in [0.717, 1.165) is 25.9 Å². The van der Waals surface area contributed by atoms with Crippen LogP contribution in [0.15, 0.2) is 24.3 Å². The number of carbonyl (C=O) groups excluding carboxylic acids is 1. The maximum atomic E-state index is 12.8. The van der Waals surface area contributed by atoms with E-state index in [9.17, 15) is 9.18 Å². The molecule has 0 radical (unpaired) electrons. The Bertz CT molecular complexity index is 434. The van der Waals surface area contributed by atoms with Gasteiger partial charge < -0.3 is 10.6 Å². The minimum Gasteiger partial charge on any atom is -0.349 e. The lowest BCUT2D eigenvalue weighted by Crippen LogP contribution is -2.34. The van der Waals surface area contributed by atoms with Crippen molar-refractivity contribution < 1.29 is 9.18 Å². The van der Waals surface area contributed by atoms with Crippen LogP contribution in [0.2, 0.25) is 0 Å². The van der Waals surface area contributed by atoms with Gasteiger partial charge in [0.1, 0.15) is 5.82 Å². The number of rotatable bonds is 2. The summed E-state index contributed by atoms with van der Waals surface area (Å²) in [6.45, 7) is 2.15. The molecule has 3 nitrogen and oxygen atoms in total. The van der Waals surface area contributed by atoms with Gasteiger partial charge in [-0.2, -0.15) is 0 Å². The fourth-order valence-electron chi connectivity index (χ4n) is 3.15. The summed E-state index contributed by atoms with van der Waals surface area (Å²) in [4.78, 5) is 12.0. The molecule has 2 aliphatic rings. The molecule has 1 aliphatic carbocycles. The molecule has 1 heterocycles. The molecule has 2 N–H and O–H groups in total. The Hall–Kier alpha value is -1.42. The highest BCUT2D eigenvalue weighted by atomic mass is 19.1. The second-order valence-electron chi connectivity index (χ2n) is 5.33. The Morgan fingerprint density at radius 1 is 1.17 bits per heavy atom. The van der Waals surface area contributed by atoms with Crippen LogP contribution < -0.4 is 10.6 Å². The highest BCUT2D eigenvalue weighted by molar-refractivity contribution is 5.94. The van der Waals surface area contributed by atoms with E-state index >= 15 is 0 Å². The molecule has 3 atom stereocenters. The fraction of sp³-hybridized carbons (Fsp3) is 0.500. The van der Waals surface area contributed by atoms with E-state index in [1.807, 2.05) is 0 Å². The molecule has 1 saturated heterocycles.